The summed E-state index contributed by atoms with van der Waals surface area (Å²) in [6.45, 7) is 3.79. The number of sulfonamides is 1. The van der Waals surface area contributed by atoms with Crippen LogP contribution in [0.2, 0.25) is 10.0 Å². The molecule has 3 N–H and O–H groups in total. The van der Waals surface area contributed by atoms with E-state index in [1.807, 2.05) is 13.8 Å². The zero-order valence-corrected chi connectivity index (χ0v) is 19.0. The third-order valence-corrected chi connectivity index (χ3v) is 8.10. The number of allylic oxidation sites excluding steroid dienone is 2. The maximum absolute atomic E-state index is 12.8. The molecule has 30 heavy (non-hydrogen) atoms. The fourth-order valence-electron chi connectivity index (χ4n) is 4.29. The number of hydrogen-bond donors (Lipinski definition) is 3. The minimum absolute atomic E-state index is 0.0182. The summed E-state index contributed by atoms with van der Waals surface area (Å²) in [5.74, 6) is 0.158. The maximum Gasteiger partial charge on any atom is 0.240 e. The fourth-order valence-corrected chi connectivity index (χ4v) is 6.16. The number of fused-ring (bicyclic) bond motifs is 3. The molecule has 2 aliphatic rings. The molecule has 0 amide bonds. The Morgan fingerprint density at radius 1 is 1.23 bits per heavy atom. The SMILES string of the molecule is CCC(C)NS(=O)(=O)c1ccc2c(c1)C1C=CCC1C(c1cc(Cl)cc(Cl)c1O)N2. The number of aromatic hydroxyl groups is 1. The first-order chi connectivity index (χ1) is 14.2. The van der Waals surface area contributed by atoms with Crippen molar-refractivity contribution in [3.63, 3.8) is 0 Å². The zero-order chi connectivity index (χ0) is 21.6. The molecule has 1 aliphatic carbocycles. The van der Waals surface area contributed by atoms with E-state index in [1.54, 1.807) is 24.3 Å². The van der Waals surface area contributed by atoms with E-state index in [-0.39, 0.29) is 39.6 Å². The topological polar surface area (TPSA) is 78.4 Å². The van der Waals surface area contributed by atoms with Gasteiger partial charge < -0.3 is 10.4 Å². The van der Waals surface area contributed by atoms with Crippen molar-refractivity contribution in [2.24, 2.45) is 5.92 Å². The lowest BCUT2D eigenvalue weighted by molar-refractivity contribution is 0.402. The Morgan fingerprint density at radius 2 is 2.00 bits per heavy atom. The molecule has 0 bridgehead atoms. The molecule has 0 radical (unpaired) electrons. The van der Waals surface area contributed by atoms with Crippen molar-refractivity contribution in [3.05, 3.63) is 63.7 Å². The van der Waals surface area contributed by atoms with Crippen LogP contribution in [-0.4, -0.2) is 19.6 Å². The van der Waals surface area contributed by atoms with E-state index in [1.165, 1.54) is 6.07 Å². The molecule has 4 unspecified atom stereocenters. The van der Waals surface area contributed by atoms with E-state index in [4.69, 9.17) is 23.2 Å². The summed E-state index contributed by atoms with van der Waals surface area (Å²) in [6, 6.07) is 8.07. The lowest BCUT2D eigenvalue weighted by Crippen LogP contribution is -2.33. The summed E-state index contributed by atoms with van der Waals surface area (Å²) < 4.78 is 28.3. The van der Waals surface area contributed by atoms with Crippen LogP contribution in [0.25, 0.3) is 0 Å². The van der Waals surface area contributed by atoms with E-state index in [9.17, 15) is 13.5 Å². The lowest BCUT2D eigenvalue weighted by atomic mass is 9.77. The van der Waals surface area contributed by atoms with Gasteiger partial charge in [-0.25, -0.2) is 13.1 Å². The van der Waals surface area contributed by atoms with E-state index >= 15 is 0 Å². The van der Waals surface area contributed by atoms with Gasteiger partial charge in [0.25, 0.3) is 0 Å². The summed E-state index contributed by atoms with van der Waals surface area (Å²) in [7, 11) is -3.59. The minimum atomic E-state index is -3.59. The van der Waals surface area contributed by atoms with E-state index in [0.29, 0.717) is 17.0 Å². The van der Waals surface area contributed by atoms with Crippen LogP contribution in [-0.2, 0) is 10.0 Å². The van der Waals surface area contributed by atoms with E-state index < -0.39 is 10.0 Å². The predicted octanol–water partition coefficient (Wildman–Crippen LogP) is 5.60. The highest BCUT2D eigenvalue weighted by Crippen LogP contribution is 2.52. The van der Waals surface area contributed by atoms with Gasteiger partial charge in [0.15, 0.2) is 0 Å². The molecule has 2 aromatic rings. The number of phenolic OH excluding ortho intramolecular Hbond substituents is 1. The number of nitrogens with one attached hydrogen (secondary N) is 2. The van der Waals surface area contributed by atoms with Gasteiger partial charge in [-0.3, -0.25) is 0 Å². The van der Waals surface area contributed by atoms with Crippen LogP contribution in [0.3, 0.4) is 0 Å². The molecular weight excluding hydrogens is 443 g/mol. The van der Waals surface area contributed by atoms with Crippen molar-refractivity contribution in [3.8, 4) is 5.75 Å². The second-order valence-corrected chi connectivity index (χ2v) is 10.5. The van der Waals surface area contributed by atoms with Crippen molar-refractivity contribution in [2.45, 2.75) is 49.6 Å². The number of phenols is 1. The van der Waals surface area contributed by atoms with Gasteiger partial charge in [0, 0.05) is 28.2 Å². The van der Waals surface area contributed by atoms with Gasteiger partial charge in [-0.05, 0) is 61.6 Å². The molecule has 1 aliphatic heterocycles. The van der Waals surface area contributed by atoms with Gasteiger partial charge in [-0.2, -0.15) is 0 Å². The molecule has 0 saturated heterocycles. The Bertz CT molecular complexity index is 1120. The molecule has 0 spiro atoms. The largest absolute Gasteiger partial charge is 0.506 e. The molecule has 0 fully saturated rings. The highest BCUT2D eigenvalue weighted by molar-refractivity contribution is 7.89. The van der Waals surface area contributed by atoms with Crippen LogP contribution >= 0.6 is 23.2 Å². The Morgan fingerprint density at radius 3 is 2.73 bits per heavy atom. The fraction of sp³-hybridized carbons (Fsp3) is 0.364. The number of halogens is 2. The average Bonchev–Trinajstić information content (AvgIpc) is 3.19. The number of benzene rings is 2. The van der Waals surface area contributed by atoms with Crippen molar-refractivity contribution >= 4 is 38.9 Å². The van der Waals surface area contributed by atoms with Crippen molar-refractivity contribution in [2.75, 3.05) is 5.32 Å². The van der Waals surface area contributed by atoms with Crippen LogP contribution < -0.4 is 10.0 Å². The predicted molar refractivity (Wildman–Crippen MR) is 121 cm³/mol. The van der Waals surface area contributed by atoms with E-state index in [2.05, 4.69) is 22.2 Å². The van der Waals surface area contributed by atoms with E-state index in [0.717, 1.165) is 17.7 Å². The monoisotopic (exact) mass is 466 g/mol. The summed E-state index contributed by atoms with van der Waals surface area (Å²) in [5, 5.41) is 14.7. The second kappa shape index (κ2) is 8.08. The molecule has 4 rings (SSSR count). The molecular formula is C22H24Cl2N2O3S. The van der Waals surface area contributed by atoms with Gasteiger partial charge in [-0.1, -0.05) is 42.3 Å². The normalized spacial score (nSPS) is 23.5. The molecule has 1 heterocycles. The first-order valence-corrected chi connectivity index (χ1v) is 12.2. The number of hydrogen-bond acceptors (Lipinski definition) is 4. The third kappa shape index (κ3) is 3.82. The van der Waals surface area contributed by atoms with Crippen LogP contribution in [0.5, 0.6) is 5.75 Å². The van der Waals surface area contributed by atoms with Gasteiger partial charge in [0.2, 0.25) is 10.0 Å². The van der Waals surface area contributed by atoms with Crippen molar-refractivity contribution < 1.29 is 13.5 Å². The Hall–Kier alpha value is -1.73. The second-order valence-electron chi connectivity index (χ2n) is 7.98. The van der Waals surface area contributed by atoms with Gasteiger partial charge >= 0.3 is 0 Å². The summed E-state index contributed by atoms with van der Waals surface area (Å²) in [5.41, 5.74) is 2.42. The molecule has 8 heteroatoms. The standard InChI is InChI=1S/C22H24Cl2N2O3S/c1-3-12(2)26-30(28,29)14-7-8-20-17(11-14)15-5-4-6-16(15)21(25-20)18-9-13(23)10-19(24)22(18)27/h4-5,7-12,15-16,21,25-27H,3,6H2,1-2H3. The Balaban J connectivity index is 1.75. The lowest BCUT2D eigenvalue weighted by Gasteiger charge is -2.38. The van der Waals surface area contributed by atoms with Gasteiger partial charge in [-0.15, -0.1) is 0 Å². The number of anilines is 1. The van der Waals surface area contributed by atoms with Gasteiger partial charge in [0.05, 0.1) is 16.0 Å². The van der Waals surface area contributed by atoms with Crippen LogP contribution in [0.15, 0.2) is 47.4 Å². The summed E-state index contributed by atoms with van der Waals surface area (Å²) in [6.07, 6.45) is 5.72. The summed E-state index contributed by atoms with van der Waals surface area (Å²) >= 11 is 12.4. The first kappa shape index (κ1) is 21.5. The molecule has 4 atom stereocenters. The summed E-state index contributed by atoms with van der Waals surface area (Å²) in [4.78, 5) is 0.259. The van der Waals surface area contributed by atoms with Gasteiger partial charge in [0.1, 0.15) is 5.75 Å². The van der Waals surface area contributed by atoms with Crippen molar-refractivity contribution in [1.82, 2.24) is 4.72 Å². The molecule has 0 aromatic heterocycles. The minimum Gasteiger partial charge on any atom is -0.506 e. The Labute approximate surface area is 187 Å². The van der Waals surface area contributed by atoms with Crippen molar-refractivity contribution in [1.29, 1.82) is 0 Å². The molecule has 2 aromatic carbocycles. The number of rotatable bonds is 5. The van der Waals surface area contributed by atoms with Crippen LogP contribution in [0, 0.1) is 5.92 Å². The molecule has 5 nitrogen and oxygen atoms in total. The first-order valence-electron chi connectivity index (χ1n) is 9.98. The molecule has 160 valence electrons. The highest BCUT2D eigenvalue weighted by atomic mass is 35.5. The Kier molecular flexibility index (Phi) is 5.79. The smallest absolute Gasteiger partial charge is 0.240 e. The van der Waals surface area contributed by atoms with Crippen LogP contribution in [0.4, 0.5) is 5.69 Å². The zero-order valence-electron chi connectivity index (χ0n) is 16.7. The van der Waals surface area contributed by atoms with Crippen LogP contribution in [0.1, 0.15) is 49.8 Å². The quantitative estimate of drug-likeness (QED) is 0.500. The highest BCUT2D eigenvalue weighted by Gasteiger charge is 2.39. The molecule has 0 saturated carbocycles. The average molecular weight is 467 g/mol. The third-order valence-electron chi connectivity index (χ3n) is 6.01. The maximum atomic E-state index is 12.8.